The Hall–Kier alpha value is -2.49. The molecule has 90 valence electrons. The van der Waals surface area contributed by atoms with Gasteiger partial charge >= 0.3 is 5.97 Å². The SMILES string of the molecule is COc1cc2[nH]c(C(=O)O)cc2c2ccccc12. The van der Waals surface area contributed by atoms with E-state index in [1.807, 2.05) is 30.3 Å². The molecule has 18 heavy (non-hydrogen) atoms. The Bertz CT molecular complexity index is 758. The minimum atomic E-state index is -0.964. The molecule has 0 aliphatic carbocycles. The summed E-state index contributed by atoms with van der Waals surface area (Å²) >= 11 is 0. The normalized spacial score (nSPS) is 10.9. The molecule has 3 aromatic rings. The van der Waals surface area contributed by atoms with Crippen LogP contribution in [0.5, 0.6) is 5.75 Å². The second-order valence-corrected chi connectivity index (χ2v) is 4.07. The van der Waals surface area contributed by atoms with Crippen LogP contribution >= 0.6 is 0 Å². The van der Waals surface area contributed by atoms with Crippen LogP contribution in [-0.2, 0) is 0 Å². The lowest BCUT2D eigenvalue weighted by atomic mass is 10.1. The number of carbonyl (C=O) groups is 1. The molecule has 0 saturated carbocycles. The molecule has 1 aromatic heterocycles. The maximum absolute atomic E-state index is 11.0. The Morgan fingerprint density at radius 3 is 2.56 bits per heavy atom. The van der Waals surface area contributed by atoms with Gasteiger partial charge in [0.2, 0.25) is 0 Å². The summed E-state index contributed by atoms with van der Waals surface area (Å²) in [5, 5.41) is 11.9. The topological polar surface area (TPSA) is 62.3 Å². The lowest BCUT2D eigenvalue weighted by molar-refractivity contribution is 0.0691. The first-order valence-electron chi connectivity index (χ1n) is 5.52. The van der Waals surface area contributed by atoms with Crippen LogP contribution in [-0.4, -0.2) is 23.2 Å². The van der Waals surface area contributed by atoms with Crippen LogP contribution in [0.3, 0.4) is 0 Å². The molecular weight excluding hydrogens is 230 g/mol. The number of carboxylic acid groups (broad SMARTS) is 1. The monoisotopic (exact) mass is 241 g/mol. The van der Waals surface area contributed by atoms with Gasteiger partial charge in [0.15, 0.2) is 0 Å². The zero-order valence-corrected chi connectivity index (χ0v) is 9.73. The molecule has 0 spiro atoms. The average molecular weight is 241 g/mol. The van der Waals surface area contributed by atoms with Crippen molar-refractivity contribution in [1.29, 1.82) is 0 Å². The van der Waals surface area contributed by atoms with Gasteiger partial charge in [-0.2, -0.15) is 0 Å². The lowest BCUT2D eigenvalue weighted by Crippen LogP contribution is -1.94. The minimum absolute atomic E-state index is 0.184. The molecule has 0 radical (unpaired) electrons. The average Bonchev–Trinajstić information content (AvgIpc) is 2.82. The summed E-state index contributed by atoms with van der Waals surface area (Å²) in [5.41, 5.74) is 0.950. The van der Waals surface area contributed by atoms with Crippen molar-refractivity contribution in [2.75, 3.05) is 7.11 Å². The fourth-order valence-electron chi connectivity index (χ4n) is 2.23. The summed E-state index contributed by atoms with van der Waals surface area (Å²) in [6, 6.07) is 11.3. The van der Waals surface area contributed by atoms with Crippen LogP contribution in [0.4, 0.5) is 0 Å². The third-order valence-corrected chi connectivity index (χ3v) is 3.06. The number of hydrogen-bond donors (Lipinski definition) is 2. The van der Waals surface area contributed by atoms with Crippen LogP contribution < -0.4 is 4.74 Å². The zero-order chi connectivity index (χ0) is 12.7. The molecule has 0 aliphatic heterocycles. The number of rotatable bonds is 2. The standard InChI is InChI=1S/C14H11NO3/c1-18-13-7-11-10(6-12(15-11)14(16)17)8-4-2-3-5-9(8)13/h2-7,15H,1H3,(H,16,17). The van der Waals surface area contributed by atoms with Gasteiger partial charge in [-0.05, 0) is 11.5 Å². The number of aromatic carboxylic acids is 1. The lowest BCUT2D eigenvalue weighted by Gasteiger charge is -2.06. The summed E-state index contributed by atoms with van der Waals surface area (Å²) in [6.07, 6.45) is 0. The molecule has 2 aromatic carbocycles. The number of aromatic amines is 1. The Labute approximate surface area is 103 Å². The second-order valence-electron chi connectivity index (χ2n) is 4.07. The molecule has 2 N–H and O–H groups in total. The Kier molecular flexibility index (Phi) is 2.23. The quantitative estimate of drug-likeness (QED) is 0.724. The van der Waals surface area contributed by atoms with Crippen molar-refractivity contribution in [1.82, 2.24) is 4.98 Å². The molecular formula is C14H11NO3. The van der Waals surface area contributed by atoms with Crippen molar-refractivity contribution < 1.29 is 14.6 Å². The maximum Gasteiger partial charge on any atom is 0.352 e. The van der Waals surface area contributed by atoms with Crippen molar-refractivity contribution in [3.05, 3.63) is 42.1 Å². The molecule has 0 saturated heterocycles. The molecule has 4 nitrogen and oxygen atoms in total. The zero-order valence-electron chi connectivity index (χ0n) is 9.73. The van der Waals surface area contributed by atoms with Gasteiger partial charge in [0.05, 0.1) is 12.6 Å². The number of methoxy groups -OCH3 is 1. The van der Waals surface area contributed by atoms with E-state index in [2.05, 4.69) is 4.98 Å². The first kappa shape index (κ1) is 10.7. The van der Waals surface area contributed by atoms with Gasteiger partial charge in [-0.1, -0.05) is 24.3 Å². The van der Waals surface area contributed by atoms with Crippen molar-refractivity contribution in [3.63, 3.8) is 0 Å². The molecule has 0 bridgehead atoms. The predicted molar refractivity (Wildman–Crippen MR) is 69.3 cm³/mol. The van der Waals surface area contributed by atoms with Crippen molar-refractivity contribution in [2.45, 2.75) is 0 Å². The Morgan fingerprint density at radius 2 is 1.89 bits per heavy atom. The molecule has 0 fully saturated rings. The third-order valence-electron chi connectivity index (χ3n) is 3.06. The van der Waals surface area contributed by atoms with Gasteiger partial charge in [0.25, 0.3) is 0 Å². The smallest absolute Gasteiger partial charge is 0.352 e. The van der Waals surface area contributed by atoms with Gasteiger partial charge in [-0.15, -0.1) is 0 Å². The van der Waals surface area contributed by atoms with Crippen LogP contribution in [0.2, 0.25) is 0 Å². The number of nitrogens with one attached hydrogen (secondary N) is 1. The van der Waals surface area contributed by atoms with Crippen molar-refractivity contribution in [2.24, 2.45) is 0 Å². The highest BCUT2D eigenvalue weighted by molar-refractivity contribution is 6.11. The maximum atomic E-state index is 11.0. The van der Waals surface area contributed by atoms with Gasteiger partial charge < -0.3 is 14.8 Å². The number of aromatic nitrogens is 1. The molecule has 0 amide bonds. The van der Waals surface area contributed by atoms with Crippen molar-refractivity contribution >= 4 is 27.6 Å². The Balaban J connectivity index is 2.47. The van der Waals surface area contributed by atoms with E-state index < -0.39 is 5.97 Å². The number of ether oxygens (including phenoxy) is 1. The van der Waals surface area contributed by atoms with E-state index in [9.17, 15) is 4.79 Å². The summed E-state index contributed by atoms with van der Waals surface area (Å²) in [7, 11) is 1.61. The second kappa shape index (κ2) is 3.77. The highest BCUT2D eigenvalue weighted by Crippen LogP contribution is 2.33. The summed E-state index contributed by atoms with van der Waals surface area (Å²) in [5.74, 6) is -0.230. The molecule has 0 unspecified atom stereocenters. The fourth-order valence-corrected chi connectivity index (χ4v) is 2.23. The molecule has 0 atom stereocenters. The number of fused-ring (bicyclic) bond motifs is 3. The number of carboxylic acids is 1. The third kappa shape index (κ3) is 1.43. The number of benzene rings is 2. The molecule has 1 heterocycles. The van der Waals surface area contributed by atoms with E-state index in [1.165, 1.54) is 0 Å². The summed E-state index contributed by atoms with van der Waals surface area (Å²) in [4.78, 5) is 13.9. The van der Waals surface area contributed by atoms with Crippen LogP contribution in [0.25, 0.3) is 21.7 Å². The number of H-pyrrole nitrogens is 1. The largest absolute Gasteiger partial charge is 0.496 e. The fraction of sp³-hybridized carbons (Fsp3) is 0.0714. The first-order chi connectivity index (χ1) is 8.70. The van der Waals surface area contributed by atoms with E-state index in [4.69, 9.17) is 9.84 Å². The Morgan fingerprint density at radius 1 is 1.17 bits per heavy atom. The highest BCUT2D eigenvalue weighted by atomic mass is 16.5. The van der Waals surface area contributed by atoms with Gasteiger partial charge in [0, 0.05) is 16.8 Å². The molecule has 3 rings (SSSR count). The van der Waals surface area contributed by atoms with Crippen LogP contribution in [0, 0.1) is 0 Å². The molecule has 0 aliphatic rings. The first-order valence-corrected chi connectivity index (χ1v) is 5.52. The van der Waals surface area contributed by atoms with Gasteiger partial charge in [-0.3, -0.25) is 0 Å². The van der Waals surface area contributed by atoms with Crippen LogP contribution in [0.1, 0.15) is 10.5 Å². The van der Waals surface area contributed by atoms with E-state index in [0.29, 0.717) is 0 Å². The van der Waals surface area contributed by atoms with E-state index in [0.717, 1.165) is 27.4 Å². The van der Waals surface area contributed by atoms with Gasteiger partial charge in [-0.25, -0.2) is 4.79 Å². The van der Waals surface area contributed by atoms with E-state index in [-0.39, 0.29) is 5.69 Å². The highest BCUT2D eigenvalue weighted by Gasteiger charge is 2.12. The van der Waals surface area contributed by atoms with E-state index >= 15 is 0 Å². The minimum Gasteiger partial charge on any atom is -0.496 e. The summed E-state index contributed by atoms with van der Waals surface area (Å²) < 4.78 is 5.34. The van der Waals surface area contributed by atoms with E-state index in [1.54, 1.807) is 13.2 Å². The van der Waals surface area contributed by atoms with Gasteiger partial charge in [0.1, 0.15) is 11.4 Å². The predicted octanol–water partition coefficient (Wildman–Crippen LogP) is 3.03. The summed E-state index contributed by atoms with van der Waals surface area (Å²) in [6.45, 7) is 0. The number of hydrogen-bond acceptors (Lipinski definition) is 2. The van der Waals surface area contributed by atoms with Crippen LogP contribution in [0.15, 0.2) is 36.4 Å². The van der Waals surface area contributed by atoms with Crippen molar-refractivity contribution in [3.8, 4) is 5.75 Å². The molecule has 4 heteroatoms.